The van der Waals surface area contributed by atoms with E-state index in [1.165, 1.54) is 18.2 Å². The van der Waals surface area contributed by atoms with Crippen molar-refractivity contribution in [3.63, 3.8) is 0 Å². The number of hydrogen-bond donors (Lipinski definition) is 1. The van der Waals surface area contributed by atoms with Gasteiger partial charge >= 0.3 is 0 Å². The van der Waals surface area contributed by atoms with Gasteiger partial charge in [0.2, 0.25) is 0 Å². The number of carbonyl (C=O) groups excluding carboxylic acids is 1. The van der Waals surface area contributed by atoms with Crippen molar-refractivity contribution in [3.05, 3.63) is 76.8 Å². The first-order valence-electron chi connectivity index (χ1n) is 10.4. The highest BCUT2D eigenvalue weighted by atomic mass is 35.5. The van der Waals surface area contributed by atoms with Crippen LogP contribution in [0.4, 0.5) is 11.4 Å². The summed E-state index contributed by atoms with van der Waals surface area (Å²) in [4.78, 5) is 14.7. The monoisotopic (exact) mass is 486 g/mol. The fraction of sp³-hybridized carbons (Fsp3) is 0.208. The Kier molecular flexibility index (Phi) is 6.49. The molecule has 1 heterocycles. The van der Waals surface area contributed by atoms with Crippen LogP contribution in [0.2, 0.25) is 5.02 Å². The van der Waals surface area contributed by atoms with Gasteiger partial charge in [0.05, 0.1) is 29.3 Å². The Labute approximate surface area is 197 Å². The molecular weight excluding hydrogens is 464 g/mol. The number of sulfonamides is 1. The lowest BCUT2D eigenvalue weighted by molar-refractivity contribution is 0.0989. The van der Waals surface area contributed by atoms with Crippen molar-refractivity contribution in [2.75, 3.05) is 29.9 Å². The minimum atomic E-state index is -3.89. The quantitative estimate of drug-likeness (QED) is 0.521. The molecule has 0 spiro atoms. The van der Waals surface area contributed by atoms with Gasteiger partial charge in [0, 0.05) is 17.8 Å². The Bertz CT molecular complexity index is 1290. The maximum absolute atomic E-state index is 13.1. The maximum atomic E-state index is 13.1. The van der Waals surface area contributed by atoms with Crippen LogP contribution in [0.15, 0.2) is 65.6 Å². The Morgan fingerprint density at radius 1 is 1.09 bits per heavy atom. The van der Waals surface area contributed by atoms with Gasteiger partial charge in [-0.2, -0.15) is 0 Å². The van der Waals surface area contributed by atoms with Crippen LogP contribution in [-0.2, 0) is 16.4 Å². The lowest BCUT2D eigenvalue weighted by atomic mass is 10.1. The molecule has 0 aliphatic carbocycles. The van der Waals surface area contributed by atoms with Crippen molar-refractivity contribution in [3.8, 4) is 11.5 Å². The van der Waals surface area contributed by atoms with Crippen molar-refractivity contribution in [1.29, 1.82) is 0 Å². The van der Waals surface area contributed by atoms with Crippen molar-refractivity contribution in [2.24, 2.45) is 0 Å². The van der Waals surface area contributed by atoms with Gasteiger partial charge in [0.25, 0.3) is 15.9 Å². The molecule has 3 aromatic carbocycles. The van der Waals surface area contributed by atoms with Gasteiger partial charge < -0.3 is 14.4 Å². The summed E-state index contributed by atoms with van der Waals surface area (Å²) in [6, 6.07) is 16.4. The number of benzene rings is 3. The molecule has 0 saturated carbocycles. The average molecular weight is 487 g/mol. The summed E-state index contributed by atoms with van der Waals surface area (Å²) in [5, 5.41) is 0.213. The molecule has 1 amide bonds. The SMILES string of the molecule is CCOc1ccc(S(=O)(=O)Nc2ccc3c(c2)N(C(=O)c2ccc(OC)cc2)CC3)cc1Cl. The molecular formula is C24H23ClN2O5S. The van der Waals surface area contributed by atoms with E-state index in [0.29, 0.717) is 48.0 Å². The number of carbonyl (C=O) groups is 1. The first-order chi connectivity index (χ1) is 15.8. The van der Waals surface area contributed by atoms with Crippen LogP contribution in [0.25, 0.3) is 0 Å². The molecule has 0 atom stereocenters. The number of rotatable bonds is 7. The van der Waals surface area contributed by atoms with Gasteiger partial charge in [0.15, 0.2) is 0 Å². The number of anilines is 2. The third-order valence-corrected chi connectivity index (χ3v) is 7.00. The summed E-state index contributed by atoms with van der Waals surface area (Å²) < 4.78 is 38.9. The molecule has 1 aliphatic rings. The molecule has 0 aromatic heterocycles. The van der Waals surface area contributed by atoms with E-state index in [9.17, 15) is 13.2 Å². The molecule has 0 saturated heterocycles. The maximum Gasteiger partial charge on any atom is 0.261 e. The van der Waals surface area contributed by atoms with Gasteiger partial charge in [0.1, 0.15) is 11.5 Å². The highest BCUT2D eigenvalue weighted by Gasteiger charge is 2.27. The molecule has 1 N–H and O–H groups in total. The number of nitrogens with zero attached hydrogens (tertiary/aromatic N) is 1. The van der Waals surface area contributed by atoms with Crippen molar-refractivity contribution in [2.45, 2.75) is 18.2 Å². The highest BCUT2D eigenvalue weighted by Crippen LogP contribution is 2.34. The normalized spacial score (nSPS) is 12.9. The summed E-state index contributed by atoms with van der Waals surface area (Å²) >= 11 is 6.16. The minimum Gasteiger partial charge on any atom is -0.497 e. The topological polar surface area (TPSA) is 84.9 Å². The lowest BCUT2D eigenvalue weighted by Gasteiger charge is -2.19. The minimum absolute atomic E-state index is 0.0163. The van der Waals surface area contributed by atoms with Crippen LogP contribution in [0.1, 0.15) is 22.8 Å². The van der Waals surface area contributed by atoms with Crippen LogP contribution in [0, 0.1) is 0 Å². The summed E-state index contributed by atoms with van der Waals surface area (Å²) in [6.45, 7) is 2.76. The molecule has 0 unspecified atom stereocenters. The van der Waals surface area contributed by atoms with Gasteiger partial charge in [-0.15, -0.1) is 0 Å². The molecule has 0 radical (unpaired) electrons. The van der Waals surface area contributed by atoms with Crippen LogP contribution >= 0.6 is 11.6 Å². The molecule has 0 bridgehead atoms. The van der Waals surface area contributed by atoms with E-state index in [1.54, 1.807) is 48.4 Å². The van der Waals surface area contributed by atoms with Gasteiger partial charge in [-0.1, -0.05) is 17.7 Å². The molecule has 9 heteroatoms. The van der Waals surface area contributed by atoms with E-state index in [-0.39, 0.29) is 15.8 Å². The van der Waals surface area contributed by atoms with E-state index in [2.05, 4.69) is 4.72 Å². The molecule has 172 valence electrons. The van der Waals surface area contributed by atoms with Gasteiger partial charge in [-0.05, 0) is 73.5 Å². The smallest absolute Gasteiger partial charge is 0.261 e. The Hall–Kier alpha value is -3.23. The molecule has 33 heavy (non-hydrogen) atoms. The third-order valence-electron chi connectivity index (χ3n) is 5.33. The van der Waals surface area contributed by atoms with Crippen molar-refractivity contribution < 1.29 is 22.7 Å². The summed E-state index contributed by atoms with van der Waals surface area (Å²) in [6.07, 6.45) is 0.693. The Morgan fingerprint density at radius 2 is 1.85 bits per heavy atom. The zero-order valence-electron chi connectivity index (χ0n) is 18.2. The standard InChI is InChI=1S/C24H23ClN2O5S/c1-3-32-23-11-10-20(15-21(23)25)33(29,30)26-18-7-4-16-12-13-27(22(16)14-18)24(28)17-5-8-19(31-2)9-6-17/h4-11,14-15,26H,3,12-13H2,1-2H3. The number of fused-ring (bicyclic) bond motifs is 1. The third kappa shape index (κ3) is 4.77. The highest BCUT2D eigenvalue weighted by molar-refractivity contribution is 7.92. The van der Waals surface area contributed by atoms with Crippen molar-refractivity contribution >= 4 is 38.9 Å². The molecule has 0 fully saturated rings. The molecule has 1 aliphatic heterocycles. The Morgan fingerprint density at radius 3 is 2.52 bits per heavy atom. The number of hydrogen-bond acceptors (Lipinski definition) is 5. The number of amides is 1. The van der Waals surface area contributed by atoms with E-state index in [0.717, 1.165) is 5.56 Å². The zero-order chi connectivity index (χ0) is 23.6. The molecule has 7 nitrogen and oxygen atoms in total. The number of ether oxygens (including phenoxy) is 2. The van der Waals surface area contributed by atoms with Gasteiger partial charge in [-0.3, -0.25) is 9.52 Å². The van der Waals surface area contributed by atoms with E-state index in [4.69, 9.17) is 21.1 Å². The zero-order valence-corrected chi connectivity index (χ0v) is 19.7. The largest absolute Gasteiger partial charge is 0.497 e. The number of methoxy groups -OCH3 is 1. The fourth-order valence-electron chi connectivity index (χ4n) is 3.68. The van der Waals surface area contributed by atoms with Crippen LogP contribution in [0.5, 0.6) is 11.5 Å². The average Bonchev–Trinajstić information content (AvgIpc) is 3.23. The predicted octanol–water partition coefficient (Wildman–Crippen LogP) is 4.75. The number of halogens is 1. The summed E-state index contributed by atoms with van der Waals surface area (Å²) in [5.41, 5.74) is 2.54. The second-order valence-corrected chi connectivity index (χ2v) is 9.50. The summed E-state index contributed by atoms with van der Waals surface area (Å²) in [7, 11) is -2.32. The van der Waals surface area contributed by atoms with E-state index in [1.807, 2.05) is 13.0 Å². The van der Waals surface area contributed by atoms with E-state index < -0.39 is 10.0 Å². The lowest BCUT2D eigenvalue weighted by Crippen LogP contribution is -2.28. The van der Waals surface area contributed by atoms with Crippen molar-refractivity contribution in [1.82, 2.24) is 0 Å². The molecule has 4 rings (SSSR count). The van der Waals surface area contributed by atoms with E-state index >= 15 is 0 Å². The van der Waals surface area contributed by atoms with Crippen LogP contribution < -0.4 is 19.1 Å². The Balaban J connectivity index is 1.57. The molecule has 3 aromatic rings. The predicted molar refractivity (Wildman–Crippen MR) is 128 cm³/mol. The summed E-state index contributed by atoms with van der Waals surface area (Å²) in [5.74, 6) is 0.928. The second kappa shape index (κ2) is 9.33. The first-order valence-corrected chi connectivity index (χ1v) is 12.2. The van der Waals surface area contributed by atoms with Gasteiger partial charge in [-0.25, -0.2) is 8.42 Å². The first kappa shape index (κ1) is 22.9. The second-order valence-electron chi connectivity index (χ2n) is 7.41. The van der Waals surface area contributed by atoms with Crippen LogP contribution in [-0.4, -0.2) is 34.6 Å². The number of nitrogens with one attached hydrogen (secondary N) is 1. The van der Waals surface area contributed by atoms with Crippen LogP contribution in [0.3, 0.4) is 0 Å². The fourth-order valence-corrected chi connectivity index (χ4v) is 5.05.